The van der Waals surface area contributed by atoms with Crippen molar-refractivity contribution < 1.29 is 57.8 Å². The van der Waals surface area contributed by atoms with E-state index in [0.717, 1.165) is 10.6 Å². The van der Waals surface area contributed by atoms with Crippen LogP contribution < -0.4 is 5.32 Å². The van der Waals surface area contributed by atoms with Crippen LogP contribution >= 0.6 is 0 Å². The van der Waals surface area contributed by atoms with Crippen LogP contribution in [0.15, 0.2) is 36.8 Å². The highest BCUT2D eigenvalue weighted by molar-refractivity contribution is 6.00. The van der Waals surface area contributed by atoms with E-state index in [0.29, 0.717) is 12.4 Å². The molecule has 0 bridgehead atoms. The van der Waals surface area contributed by atoms with E-state index in [1.807, 2.05) is 92.0 Å². The van der Waals surface area contributed by atoms with Gasteiger partial charge in [-0.05, 0) is 99.5 Å². The summed E-state index contributed by atoms with van der Waals surface area (Å²) < 4.78 is 1.88. The van der Waals surface area contributed by atoms with Crippen LogP contribution in [-0.2, 0) is 65.7 Å². The van der Waals surface area contributed by atoms with Gasteiger partial charge < -0.3 is 49.3 Å². The zero-order valence-electron chi connectivity index (χ0n) is 61.9. The number of aliphatic hydroxyl groups is 1. The van der Waals surface area contributed by atoms with Gasteiger partial charge in [-0.25, -0.2) is 4.98 Å². The maximum atomic E-state index is 15.6. The Morgan fingerprint density at radius 3 is 1.45 bits per heavy atom. The zero-order valence-corrected chi connectivity index (χ0v) is 61.9. The normalized spacial score (nSPS) is 26.2. The number of hydrogen-bond donors (Lipinski definition) is 2. The summed E-state index contributed by atoms with van der Waals surface area (Å²) in [5.41, 5.74) is 0.756. The van der Waals surface area contributed by atoms with Crippen LogP contribution in [0.2, 0.25) is 0 Å². The molecule has 23 nitrogen and oxygen atoms in total. The number of imidazole rings is 1. The number of aliphatic hydroxyl groups excluding tert-OH is 1. The number of carbonyl (C=O) groups is 11. The summed E-state index contributed by atoms with van der Waals surface area (Å²) in [4.78, 5) is 182. The zero-order chi connectivity index (χ0) is 72.5. The number of carbonyl (C=O) groups excluding carboxylic acids is 11. The molecule has 534 valence electrons. The average Bonchev–Trinajstić information content (AvgIpc) is 1.16. The molecule has 1 aliphatic rings. The Kier molecular flexibility index (Phi) is 32.1. The van der Waals surface area contributed by atoms with Crippen LogP contribution in [0.5, 0.6) is 0 Å². The fourth-order valence-corrected chi connectivity index (χ4v) is 13.0. The van der Waals surface area contributed by atoms with Crippen LogP contribution in [0.1, 0.15) is 181 Å². The van der Waals surface area contributed by atoms with E-state index in [1.54, 1.807) is 53.2 Å². The number of hydrogen-bond acceptors (Lipinski definition) is 14. The molecule has 8 amide bonds. The summed E-state index contributed by atoms with van der Waals surface area (Å²) in [6.07, 6.45) is 3.48. The van der Waals surface area contributed by atoms with Crippen molar-refractivity contribution in [3.8, 4) is 0 Å². The van der Waals surface area contributed by atoms with Gasteiger partial charge in [0.15, 0.2) is 17.3 Å². The van der Waals surface area contributed by atoms with Gasteiger partial charge in [0.1, 0.15) is 42.1 Å². The molecule has 0 unspecified atom stereocenters. The van der Waals surface area contributed by atoms with E-state index in [4.69, 9.17) is 0 Å². The predicted molar refractivity (Wildman–Crippen MR) is 366 cm³/mol. The van der Waals surface area contributed by atoms with Crippen molar-refractivity contribution in [2.45, 2.75) is 236 Å². The van der Waals surface area contributed by atoms with Gasteiger partial charge in [0.2, 0.25) is 47.3 Å². The third-order valence-corrected chi connectivity index (χ3v) is 19.2. The fourth-order valence-electron chi connectivity index (χ4n) is 13.0. The number of rotatable bonds is 17. The molecular weight excluding hydrogens is 1210 g/mol. The Hall–Kier alpha value is -6.91. The van der Waals surface area contributed by atoms with E-state index >= 15 is 19.2 Å². The second kappa shape index (κ2) is 37.0. The molecule has 95 heavy (non-hydrogen) atoms. The molecule has 1 saturated heterocycles. The van der Waals surface area contributed by atoms with Gasteiger partial charge in [-0.1, -0.05) is 110 Å². The molecule has 0 spiro atoms. The lowest BCUT2D eigenvalue weighted by atomic mass is 9.84. The molecule has 2 aromatic heterocycles. The summed E-state index contributed by atoms with van der Waals surface area (Å²) in [5.74, 6) is -10.8. The van der Waals surface area contributed by atoms with Crippen molar-refractivity contribution in [2.24, 2.45) is 59.2 Å². The number of pyridine rings is 1. The summed E-state index contributed by atoms with van der Waals surface area (Å²) in [6.45, 7) is 30.7. The fraction of sp³-hybridized carbons (Fsp3) is 0.736. The van der Waals surface area contributed by atoms with E-state index in [2.05, 4.69) is 15.3 Å². The number of likely N-dealkylation sites (N-methyl/N-ethyl adjacent to an activating group) is 7. The minimum Gasteiger partial charge on any atom is -0.390 e. The highest BCUT2D eigenvalue weighted by Crippen LogP contribution is 2.30. The van der Waals surface area contributed by atoms with Crippen LogP contribution in [0.3, 0.4) is 0 Å². The molecule has 2 N–H and O–H groups in total. The smallest absolute Gasteiger partial charge is 0.246 e. The Morgan fingerprint density at radius 1 is 0.495 bits per heavy atom. The first-order valence-electron chi connectivity index (χ1n) is 34.5. The van der Waals surface area contributed by atoms with Crippen molar-refractivity contribution in [1.29, 1.82) is 0 Å². The number of amides is 8. The lowest BCUT2D eigenvalue weighted by Crippen LogP contribution is -2.62. The topological polar surface area (TPSA) is 273 Å². The van der Waals surface area contributed by atoms with Gasteiger partial charge in [-0.3, -0.25) is 57.7 Å². The van der Waals surface area contributed by atoms with Gasteiger partial charge in [0.05, 0.1) is 30.4 Å². The third-order valence-electron chi connectivity index (χ3n) is 19.2. The SMILES string of the molecule is CC[C@H]1CC(=O)[C@@H]([C@H](O)[C@H](C)Cc2nccn2Cc2ccccn2)N(C)C(=O)[C@@H](C(C)C)N(C)C(=O)[C@@H](CC(C)C)N(C)C(=O)[C@@H](CC(C)C)N(C)C(=O)[C@H](C)NC(=O)[C@@H](C)CC(=O)[C@@H](CC(C)C)N(C)C(=O)[C@@H](C(C)C)CC(=O)[C@H](CC(C)C)N(C)C(=O)[C@@H](C)N(C)C1=O. The third kappa shape index (κ3) is 22.1. The van der Waals surface area contributed by atoms with Crippen molar-refractivity contribution in [3.05, 3.63) is 48.3 Å². The molecule has 3 rings (SSSR count). The molecular formula is C72H119N11O12. The van der Waals surface area contributed by atoms with E-state index in [9.17, 15) is 38.7 Å². The summed E-state index contributed by atoms with van der Waals surface area (Å²) in [6, 6.07) is -4.01. The van der Waals surface area contributed by atoms with Gasteiger partial charge >= 0.3 is 0 Å². The number of nitrogens with zero attached hydrogens (tertiary/aromatic N) is 10. The largest absolute Gasteiger partial charge is 0.390 e. The summed E-state index contributed by atoms with van der Waals surface area (Å²) in [5, 5.41) is 15.5. The summed E-state index contributed by atoms with van der Waals surface area (Å²) in [7, 11) is 10.3. The monoisotopic (exact) mass is 1330 g/mol. The molecule has 0 saturated carbocycles. The second-order valence-electron chi connectivity index (χ2n) is 29.6. The first-order valence-corrected chi connectivity index (χ1v) is 34.5. The van der Waals surface area contributed by atoms with E-state index in [1.165, 1.54) is 92.6 Å². The number of aromatic nitrogens is 3. The Balaban J connectivity index is 2.35. The first-order chi connectivity index (χ1) is 44.1. The number of nitrogens with one attached hydrogen (secondary N) is 1. The quantitative estimate of drug-likeness (QED) is 0.164. The molecule has 13 atom stereocenters. The highest BCUT2D eigenvalue weighted by atomic mass is 16.3. The van der Waals surface area contributed by atoms with E-state index in [-0.39, 0.29) is 75.0 Å². The maximum absolute atomic E-state index is 15.6. The first kappa shape index (κ1) is 82.3. The summed E-state index contributed by atoms with van der Waals surface area (Å²) >= 11 is 0. The molecule has 3 heterocycles. The highest BCUT2D eigenvalue weighted by Gasteiger charge is 2.46. The van der Waals surface area contributed by atoms with Crippen molar-refractivity contribution in [1.82, 2.24) is 54.2 Å². The second-order valence-corrected chi connectivity index (χ2v) is 29.6. The Labute approximate surface area is 567 Å². The van der Waals surface area contributed by atoms with Crippen molar-refractivity contribution in [3.63, 3.8) is 0 Å². The van der Waals surface area contributed by atoms with Gasteiger partial charge in [0, 0.05) is 111 Å². The molecule has 2 aromatic rings. The maximum Gasteiger partial charge on any atom is 0.246 e. The molecule has 0 radical (unpaired) electrons. The Bertz CT molecular complexity index is 2930. The van der Waals surface area contributed by atoms with Crippen LogP contribution in [0.25, 0.3) is 0 Å². The van der Waals surface area contributed by atoms with Crippen LogP contribution in [-0.4, -0.2) is 222 Å². The predicted octanol–water partition coefficient (Wildman–Crippen LogP) is 6.85. The van der Waals surface area contributed by atoms with Crippen LogP contribution in [0.4, 0.5) is 0 Å². The standard InChI is InChI=1S/C72H119N11O12/c1-25-51-38-60(86)63(64(87)47(14)37-61-74-30-31-83(61)40-52-28-26-27-29-73-52)82(24)72(95)62(46(12)13)81(23)71(94)57(35-44(8)9)80(22)70(93)56(34-43(6)7)79(21)66(89)49(16)75-65(88)48(15)36-58(84)54(32-41(2)3)78(20)69(92)53(45(10)11)39-59(85)55(33-42(4)5)77(19)67(90)50(17)76(18)68(51)91/h26-31,41-51,53-57,62-64,87H,25,32-40H2,1-24H3,(H,75,88)/t47-,48+,49+,50-,51+,53-,54-,55+,56-,57-,62-,63+,64-/m1/s1. The van der Waals surface area contributed by atoms with Gasteiger partial charge in [0.25, 0.3) is 0 Å². The van der Waals surface area contributed by atoms with Crippen molar-refractivity contribution in [2.75, 3.05) is 49.3 Å². The molecule has 1 fully saturated rings. The number of ketones is 3. The van der Waals surface area contributed by atoms with Crippen LogP contribution in [0, 0.1) is 59.2 Å². The number of Topliss-reactive ketones (excluding diaryl/α,β-unsaturated/α-hetero) is 3. The lowest BCUT2D eigenvalue weighted by molar-refractivity contribution is -0.157. The van der Waals surface area contributed by atoms with Crippen molar-refractivity contribution >= 4 is 64.6 Å². The Morgan fingerprint density at radius 2 is 0.968 bits per heavy atom. The van der Waals surface area contributed by atoms with E-state index < -0.39 is 161 Å². The molecule has 23 heteroatoms. The molecule has 1 aliphatic heterocycles. The van der Waals surface area contributed by atoms with Gasteiger partial charge in [-0.15, -0.1) is 0 Å². The minimum absolute atomic E-state index is 0.0782. The molecule has 0 aliphatic carbocycles. The average molecular weight is 1330 g/mol. The minimum atomic E-state index is -1.60. The lowest BCUT2D eigenvalue weighted by Gasteiger charge is -2.41. The molecule has 0 aromatic carbocycles. The van der Waals surface area contributed by atoms with Gasteiger partial charge in [-0.2, -0.15) is 0 Å².